The number of pyridine rings is 1. The van der Waals surface area contributed by atoms with Gasteiger partial charge in [0.05, 0.1) is 4.75 Å². The molecular weight excluding hydrogens is 393 g/mol. The Morgan fingerprint density at radius 2 is 2.03 bits per heavy atom. The molecule has 0 saturated carbocycles. The Hall–Kier alpha value is -1.87. The van der Waals surface area contributed by atoms with Crippen LogP contribution in [0.3, 0.4) is 0 Å². The first kappa shape index (κ1) is 23.4. The number of nitrogens with one attached hydrogen (secondary N) is 1. The number of hydrogen-bond donors (Lipinski definition) is 3. The van der Waals surface area contributed by atoms with Crippen LogP contribution in [-0.4, -0.2) is 39.6 Å². The number of aromatic nitrogens is 1. The number of hydrogen-bond acceptors (Lipinski definition) is 7. The zero-order valence-electron chi connectivity index (χ0n) is 17.8. The molecule has 1 aliphatic heterocycles. The summed E-state index contributed by atoms with van der Waals surface area (Å²) >= 11 is 1.61. The van der Waals surface area contributed by atoms with E-state index in [-0.39, 0.29) is 11.5 Å². The average molecular weight is 426 g/mol. The summed E-state index contributed by atoms with van der Waals surface area (Å²) in [5.41, 5.74) is 9.96. The molecule has 1 aromatic heterocycles. The van der Waals surface area contributed by atoms with Crippen molar-refractivity contribution in [1.82, 2.24) is 10.3 Å². The Morgan fingerprint density at radius 3 is 2.66 bits per heavy atom. The van der Waals surface area contributed by atoms with E-state index >= 15 is 0 Å². The maximum atomic E-state index is 14.5. The van der Waals surface area contributed by atoms with Crippen LogP contribution in [0.1, 0.15) is 59.6 Å². The number of aliphatic imine (C=N–C) groups is 1. The lowest BCUT2D eigenvalue weighted by Crippen LogP contribution is -2.51. The molecule has 0 aliphatic carbocycles. The highest BCUT2D eigenvalue weighted by Gasteiger charge is 2.44. The molecule has 1 aliphatic rings. The molecule has 0 bridgehead atoms. The fraction of sp³-hybridized carbons (Fsp3) is 0.650. The molecule has 162 valence electrons. The fourth-order valence-electron chi connectivity index (χ4n) is 3.08. The van der Waals surface area contributed by atoms with Crippen molar-refractivity contribution in [2.24, 2.45) is 10.7 Å². The Kier molecular flexibility index (Phi) is 7.16. The lowest BCUT2D eigenvalue weighted by atomic mass is 9.96. The number of unbranched alkanes of at least 4 members (excludes halogenated alkanes) is 1. The van der Waals surface area contributed by atoms with Crippen LogP contribution in [0.15, 0.2) is 17.1 Å². The molecule has 0 fully saturated rings. The van der Waals surface area contributed by atoms with Crippen LogP contribution < -0.4 is 16.8 Å². The largest absolute Gasteiger partial charge is 0.444 e. The Morgan fingerprint density at radius 1 is 1.34 bits per heavy atom. The number of ether oxygens (including phenoxy) is 1. The third kappa shape index (κ3) is 6.05. The van der Waals surface area contributed by atoms with Gasteiger partial charge >= 0.3 is 6.09 Å². The lowest BCUT2D eigenvalue weighted by molar-refractivity contribution is 0.0560. The van der Waals surface area contributed by atoms with E-state index in [2.05, 4.69) is 10.3 Å². The molecule has 2 rings (SSSR count). The summed E-state index contributed by atoms with van der Waals surface area (Å²) < 4.78 is 19.5. The van der Waals surface area contributed by atoms with Gasteiger partial charge in [-0.1, -0.05) is 6.42 Å². The van der Waals surface area contributed by atoms with E-state index < -0.39 is 27.8 Å². The van der Waals surface area contributed by atoms with Gasteiger partial charge in [0.2, 0.25) is 0 Å². The van der Waals surface area contributed by atoms with Gasteiger partial charge in [-0.05, 0) is 66.1 Å². The van der Waals surface area contributed by atoms with Crippen molar-refractivity contribution in [1.29, 1.82) is 0 Å². The van der Waals surface area contributed by atoms with Gasteiger partial charge in [-0.2, -0.15) is 0 Å². The highest BCUT2D eigenvalue weighted by molar-refractivity contribution is 8.01. The van der Waals surface area contributed by atoms with Crippen LogP contribution in [0.4, 0.5) is 15.0 Å². The molecule has 1 aromatic rings. The fourth-order valence-corrected chi connectivity index (χ4v) is 4.40. The highest BCUT2D eigenvalue weighted by atomic mass is 32.2. The Balaban J connectivity index is 2.41. The molecule has 2 atom stereocenters. The molecule has 9 heteroatoms. The molecule has 2 unspecified atom stereocenters. The van der Waals surface area contributed by atoms with Crippen LogP contribution in [0.25, 0.3) is 0 Å². The number of halogens is 1. The first-order valence-electron chi connectivity index (χ1n) is 9.75. The summed E-state index contributed by atoms with van der Waals surface area (Å²) in [4.78, 5) is 21.4. The molecule has 5 N–H and O–H groups in total. The predicted octanol–water partition coefficient (Wildman–Crippen LogP) is 3.58. The van der Waals surface area contributed by atoms with Crippen LogP contribution in [0.2, 0.25) is 0 Å². The number of carbonyl (C=O) groups excluding carboxylic acids is 1. The van der Waals surface area contributed by atoms with E-state index in [1.807, 2.05) is 6.92 Å². The molecule has 7 nitrogen and oxygen atoms in total. The topological polar surface area (TPSA) is 116 Å². The summed E-state index contributed by atoms with van der Waals surface area (Å²) in [6.45, 7) is 9.79. The van der Waals surface area contributed by atoms with Crippen molar-refractivity contribution in [2.75, 3.05) is 18.0 Å². The third-order valence-electron chi connectivity index (χ3n) is 4.64. The number of nitrogen functional groups attached to an aromatic ring is 1. The zero-order valence-corrected chi connectivity index (χ0v) is 18.7. The monoisotopic (exact) mass is 425 g/mol. The summed E-state index contributed by atoms with van der Waals surface area (Å²) in [5, 5.41) is 2.81. The van der Waals surface area contributed by atoms with Crippen LogP contribution in [0, 0.1) is 5.82 Å². The zero-order chi connectivity index (χ0) is 21.9. The number of carbonyl (C=O) groups is 1. The van der Waals surface area contributed by atoms with E-state index in [0.717, 1.165) is 19.3 Å². The van der Waals surface area contributed by atoms with E-state index in [0.29, 0.717) is 18.1 Å². The van der Waals surface area contributed by atoms with Crippen LogP contribution >= 0.6 is 11.8 Å². The highest BCUT2D eigenvalue weighted by Crippen LogP contribution is 2.43. The van der Waals surface area contributed by atoms with E-state index in [1.165, 1.54) is 12.1 Å². The van der Waals surface area contributed by atoms with Gasteiger partial charge in [0, 0.05) is 5.75 Å². The molecule has 1 amide bonds. The van der Waals surface area contributed by atoms with Crippen molar-refractivity contribution in [3.63, 3.8) is 0 Å². The molecular formula is C20H32FN5O2S. The van der Waals surface area contributed by atoms with Gasteiger partial charge in [-0.3, -0.25) is 10.3 Å². The molecule has 0 saturated heterocycles. The van der Waals surface area contributed by atoms with Crippen LogP contribution in [-0.2, 0) is 10.3 Å². The Bertz CT molecular complexity index is 783. The second-order valence-corrected chi connectivity index (χ2v) is 10.2. The van der Waals surface area contributed by atoms with Crippen molar-refractivity contribution < 1.29 is 13.9 Å². The SMILES string of the molecule is CC(C)(C)OC(=O)NC1=NC(C)(c2nc(N)ccc2F)CSC1(C)CCCCN. The number of nitrogens with zero attached hydrogens (tertiary/aromatic N) is 2. The second kappa shape index (κ2) is 8.87. The van der Waals surface area contributed by atoms with Gasteiger partial charge in [0.1, 0.15) is 34.3 Å². The maximum absolute atomic E-state index is 14.5. The molecule has 0 spiro atoms. The minimum absolute atomic E-state index is 0.164. The second-order valence-electron chi connectivity index (χ2n) is 8.69. The summed E-state index contributed by atoms with van der Waals surface area (Å²) in [5.74, 6) is 0.695. The number of amidine groups is 1. The maximum Gasteiger partial charge on any atom is 0.413 e. The van der Waals surface area contributed by atoms with Gasteiger partial charge in [0.25, 0.3) is 0 Å². The van der Waals surface area contributed by atoms with Crippen molar-refractivity contribution in [3.05, 3.63) is 23.6 Å². The van der Waals surface area contributed by atoms with Crippen molar-refractivity contribution in [3.8, 4) is 0 Å². The molecule has 2 heterocycles. The van der Waals surface area contributed by atoms with Gasteiger partial charge < -0.3 is 16.2 Å². The molecule has 0 aromatic carbocycles. The van der Waals surface area contributed by atoms with Crippen molar-refractivity contribution >= 4 is 29.5 Å². The average Bonchev–Trinajstić information content (AvgIpc) is 2.59. The van der Waals surface area contributed by atoms with Gasteiger partial charge in [0.15, 0.2) is 0 Å². The summed E-state index contributed by atoms with van der Waals surface area (Å²) in [6, 6.07) is 2.71. The number of rotatable bonds is 5. The minimum Gasteiger partial charge on any atom is -0.444 e. The first-order valence-corrected chi connectivity index (χ1v) is 10.7. The molecule has 0 radical (unpaired) electrons. The number of anilines is 1. The van der Waals surface area contributed by atoms with Gasteiger partial charge in [-0.15, -0.1) is 11.8 Å². The lowest BCUT2D eigenvalue weighted by Gasteiger charge is -2.41. The number of alkyl carbamates (subject to hydrolysis) is 1. The number of thioether (sulfide) groups is 1. The quantitative estimate of drug-likeness (QED) is 0.621. The third-order valence-corrected chi connectivity index (χ3v) is 6.38. The summed E-state index contributed by atoms with van der Waals surface area (Å²) in [7, 11) is 0. The Labute approximate surface area is 176 Å². The normalized spacial score (nSPS) is 24.7. The smallest absolute Gasteiger partial charge is 0.413 e. The molecule has 29 heavy (non-hydrogen) atoms. The van der Waals surface area contributed by atoms with E-state index in [9.17, 15) is 9.18 Å². The minimum atomic E-state index is -0.970. The predicted molar refractivity (Wildman–Crippen MR) is 117 cm³/mol. The van der Waals surface area contributed by atoms with E-state index in [4.69, 9.17) is 21.2 Å². The number of amides is 1. The summed E-state index contributed by atoms with van der Waals surface area (Å²) in [6.07, 6.45) is 1.94. The van der Waals surface area contributed by atoms with Gasteiger partial charge in [-0.25, -0.2) is 14.2 Å². The van der Waals surface area contributed by atoms with Crippen molar-refractivity contribution in [2.45, 2.75) is 69.8 Å². The first-order chi connectivity index (χ1) is 13.4. The standard InChI is InChI=1S/C20H32FN5O2S/c1-18(2,3)28-17(27)25-16-20(5,10-6-7-11-22)29-12-19(4,26-16)15-13(21)8-9-14(23)24-15/h8-9H,6-7,10-12,22H2,1-5H3,(H2,23,24)(H,25,26,27). The van der Waals surface area contributed by atoms with Crippen LogP contribution in [0.5, 0.6) is 0 Å². The van der Waals surface area contributed by atoms with E-state index in [1.54, 1.807) is 39.5 Å². The number of nitrogens with two attached hydrogens (primary N) is 2.